The Morgan fingerprint density at radius 1 is 0.677 bits per heavy atom. The Morgan fingerprint density at radius 2 is 1.00 bits per heavy atom. The van der Waals surface area contributed by atoms with Gasteiger partial charge < -0.3 is 9.68 Å². The summed E-state index contributed by atoms with van der Waals surface area (Å²) in [6.07, 6.45) is 0. The van der Waals surface area contributed by atoms with E-state index < -0.39 is 24.0 Å². The average Bonchev–Trinajstić information content (AvgIpc) is 2.75. The maximum absolute atomic E-state index is 12.3. The second-order valence-corrected chi connectivity index (χ2v) is 7.89. The molecule has 0 fully saturated rings. The molecular weight excluding hydrogens is 420 g/mol. The first-order valence-corrected chi connectivity index (χ1v) is 10.3. The van der Waals surface area contributed by atoms with Crippen LogP contribution in [0.2, 0.25) is 0 Å². The van der Waals surface area contributed by atoms with Crippen molar-refractivity contribution in [2.24, 2.45) is 0 Å². The van der Waals surface area contributed by atoms with Crippen LogP contribution in [0.5, 0.6) is 0 Å². The molecule has 0 heterocycles. The highest BCUT2D eigenvalue weighted by molar-refractivity contribution is 7.99. The summed E-state index contributed by atoms with van der Waals surface area (Å²) >= 11 is 1.48. The van der Waals surface area contributed by atoms with Gasteiger partial charge in [-0.15, -0.1) is 11.0 Å². The van der Waals surface area contributed by atoms with Crippen LogP contribution < -0.4 is 11.0 Å². The summed E-state index contributed by atoms with van der Waals surface area (Å²) < 4.78 is 0. The molecule has 0 amide bonds. The van der Waals surface area contributed by atoms with E-state index >= 15 is 0 Å². The number of ketones is 2. The van der Waals surface area contributed by atoms with E-state index in [-0.39, 0.29) is 11.6 Å². The molecule has 0 bridgehead atoms. The Kier molecular flexibility index (Phi) is 8.92. The number of nitrogens with one attached hydrogen (secondary N) is 2. The normalized spacial score (nSPS) is 12.5. The van der Waals surface area contributed by atoms with Gasteiger partial charge in [0.25, 0.3) is 0 Å². The third-order valence-electron chi connectivity index (χ3n) is 4.06. The van der Waals surface area contributed by atoms with Crippen molar-refractivity contribution in [2.45, 2.75) is 49.6 Å². The predicted molar refractivity (Wildman–Crippen MR) is 114 cm³/mol. The molecule has 9 heteroatoms. The van der Waals surface area contributed by atoms with E-state index in [0.717, 1.165) is 9.79 Å². The molecule has 8 nitrogen and oxygen atoms in total. The lowest BCUT2D eigenvalue weighted by molar-refractivity contribution is -0.150. The van der Waals surface area contributed by atoms with E-state index in [1.165, 1.54) is 25.6 Å². The molecule has 31 heavy (non-hydrogen) atoms. The molecule has 0 aliphatic rings. The van der Waals surface area contributed by atoms with Gasteiger partial charge in [-0.2, -0.15) is 0 Å². The van der Waals surface area contributed by atoms with Gasteiger partial charge in [0.05, 0.1) is 0 Å². The van der Waals surface area contributed by atoms with Gasteiger partial charge in [0, 0.05) is 34.8 Å². The molecule has 164 valence electrons. The van der Waals surface area contributed by atoms with E-state index in [9.17, 15) is 19.2 Å². The van der Waals surface area contributed by atoms with E-state index in [2.05, 4.69) is 20.6 Å². The van der Waals surface area contributed by atoms with Crippen molar-refractivity contribution >= 4 is 35.3 Å². The largest absolute Gasteiger partial charge is 0.370 e. The maximum Gasteiger partial charge on any atom is 0.321 e. The van der Waals surface area contributed by atoms with Crippen LogP contribution in [-0.2, 0) is 19.3 Å². The molecule has 0 radical (unpaired) electrons. The molecule has 0 aromatic heterocycles. The first kappa shape index (κ1) is 24.3. The van der Waals surface area contributed by atoms with Gasteiger partial charge in [0.1, 0.15) is 12.1 Å². The standard InChI is InChI=1S/C22H24N2O6S/c1-13(23-29-15(3)25)21(27)17-5-9-19(10-6-17)31-20-11-7-18(8-12-20)22(28)14(2)24-30-16(4)26/h5-14,23-24H,1-4H3. The lowest BCUT2D eigenvalue weighted by Gasteiger charge is -2.12. The summed E-state index contributed by atoms with van der Waals surface area (Å²) in [5.74, 6) is -1.43. The smallest absolute Gasteiger partial charge is 0.321 e. The van der Waals surface area contributed by atoms with Gasteiger partial charge in [-0.25, -0.2) is 0 Å². The Labute approximate surface area is 184 Å². The first-order chi connectivity index (χ1) is 14.7. The van der Waals surface area contributed by atoms with Gasteiger partial charge in [0.15, 0.2) is 11.6 Å². The van der Waals surface area contributed by atoms with Crippen molar-refractivity contribution in [2.75, 3.05) is 0 Å². The van der Waals surface area contributed by atoms with Crippen molar-refractivity contribution in [3.05, 3.63) is 59.7 Å². The number of carbonyl (C=O) groups is 4. The van der Waals surface area contributed by atoms with Crippen molar-refractivity contribution in [1.82, 2.24) is 11.0 Å². The number of carbonyl (C=O) groups excluding carboxylic acids is 4. The number of Topliss-reactive ketones (excluding diaryl/α,β-unsaturated/α-hetero) is 2. The van der Waals surface area contributed by atoms with Gasteiger partial charge in [0.2, 0.25) is 0 Å². The molecule has 2 atom stereocenters. The molecule has 0 spiro atoms. The van der Waals surface area contributed by atoms with Crippen molar-refractivity contribution in [3.63, 3.8) is 0 Å². The van der Waals surface area contributed by atoms with E-state index in [1.807, 2.05) is 24.3 Å². The highest BCUT2D eigenvalue weighted by Gasteiger charge is 2.17. The Morgan fingerprint density at radius 3 is 1.29 bits per heavy atom. The summed E-state index contributed by atoms with van der Waals surface area (Å²) in [5.41, 5.74) is 5.80. The molecule has 2 N–H and O–H groups in total. The summed E-state index contributed by atoms with van der Waals surface area (Å²) in [6.45, 7) is 5.72. The van der Waals surface area contributed by atoms with Gasteiger partial charge in [-0.05, 0) is 38.1 Å². The zero-order valence-electron chi connectivity index (χ0n) is 17.6. The van der Waals surface area contributed by atoms with Crippen LogP contribution in [0.1, 0.15) is 48.4 Å². The van der Waals surface area contributed by atoms with E-state index in [0.29, 0.717) is 11.1 Å². The average molecular weight is 445 g/mol. The Hall–Kier alpha value is -3.01. The van der Waals surface area contributed by atoms with Gasteiger partial charge >= 0.3 is 11.9 Å². The molecule has 0 saturated carbocycles. The van der Waals surface area contributed by atoms with Crippen molar-refractivity contribution in [3.8, 4) is 0 Å². The first-order valence-electron chi connectivity index (χ1n) is 9.49. The molecule has 2 unspecified atom stereocenters. The maximum atomic E-state index is 12.3. The van der Waals surface area contributed by atoms with Crippen molar-refractivity contribution in [1.29, 1.82) is 0 Å². The number of hydrogen-bond donors (Lipinski definition) is 2. The summed E-state index contributed by atoms with van der Waals surface area (Å²) in [4.78, 5) is 57.5. The minimum absolute atomic E-state index is 0.197. The zero-order valence-corrected chi connectivity index (χ0v) is 18.4. The lowest BCUT2D eigenvalue weighted by atomic mass is 10.1. The van der Waals surface area contributed by atoms with Crippen LogP contribution in [0.3, 0.4) is 0 Å². The Bertz CT molecular complexity index is 866. The number of hydrogen-bond acceptors (Lipinski definition) is 9. The monoisotopic (exact) mass is 444 g/mol. The van der Waals surface area contributed by atoms with Crippen LogP contribution in [0.25, 0.3) is 0 Å². The molecular formula is C22H24N2O6S. The van der Waals surface area contributed by atoms with Crippen LogP contribution in [-0.4, -0.2) is 35.6 Å². The van der Waals surface area contributed by atoms with E-state index in [4.69, 9.17) is 0 Å². The molecule has 0 aliphatic heterocycles. The van der Waals surface area contributed by atoms with Gasteiger partial charge in [-0.3, -0.25) is 19.2 Å². The topological polar surface area (TPSA) is 111 Å². The fourth-order valence-electron chi connectivity index (χ4n) is 2.46. The SMILES string of the molecule is CC(=O)ONC(C)C(=O)c1ccc(Sc2ccc(C(=O)C(C)NOC(C)=O)cc2)cc1. The molecule has 0 saturated heterocycles. The quantitative estimate of drug-likeness (QED) is 0.422. The molecule has 0 aliphatic carbocycles. The third-order valence-corrected chi connectivity index (χ3v) is 5.07. The summed E-state index contributed by atoms with van der Waals surface area (Å²) in [6, 6.07) is 12.8. The molecule has 2 rings (SSSR count). The number of benzene rings is 2. The van der Waals surface area contributed by atoms with Gasteiger partial charge in [-0.1, -0.05) is 36.0 Å². The molecule has 2 aromatic rings. The second-order valence-electron chi connectivity index (χ2n) is 6.75. The fraction of sp³-hybridized carbons (Fsp3) is 0.273. The highest BCUT2D eigenvalue weighted by atomic mass is 32.2. The zero-order chi connectivity index (χ0) is 23.0. The minimum Gasteiger partial charge on any atom is -0.370 e. The highest BCUT2D eigenvalue weighted by Crippen LogP contribution is 2.28. The second kappa shape index (κ2) is 11.4. The lowest BCUT2D eigenvalue weighted by Crippen LogP contribution is -2.35. The fourth-order valence-corrected chi connectivity index (χ4v) is 3.28. The number of rotatable bonds is 10. The van der Waals surface area contributed by atoms with Crippen LogP contribution in [0, 0.1) is 0 Å². The van der Waals surface area contributed by atoms with E-state index in [1.54, 1.807) is 38.1 Å². The predicted octanol–water partition coefficient (Wildman–Crippen LogP) is 3.12. The van der Waals surface area contributed by atoms with Crippen LogP contribution in [0.15, 0.2) is 58.3 Å². The Balaban J connectivity index is 1.96. The van der Waals surface area contributed by atoms with Crippen LogP contribution >= 0.6 is 11.8 Å². The third kappa shape index (κ3) is 7.63. The molecule has 2 aromatic carbocycles. The summed E-state index contributed by atoms with van der Waals surface area (Å²) in [5, 5.41) is 0. The van der Waals surface area contributed by atoms with Crippen molar-refractivity contribution < 1.29 is 28.9 Å². The number of hydroxylamine groups is 2. The minimum atomic E-state index is -0.662. The van der Waals surface area contributed by atoms with Crippen LogP contribution in [0.4, 0.5) is 0 Å². The summed E-state index contributed by atoms with van der Waals surface area (Å²) in [7, 11) is 0.